The van der Waals surface area contributed by atoms with Gasteiger partial charge in [-0.15, -0.1) is 0 Å². The highest BCUT2D eigenvalue weighted by Gasteiger charge is 2.29. The Balaban J connectivity index is 1.64. The van der Waals surface area contributed by atoms with E-state index in [0.29, 0.717) is 11.6 Å². The van der Waals surface area contributed by atoms with Gasteiger partial charge in [0.25, 0.3) is 5.91 Å². The van der Waals surface area contributed by atoms with E-state index < -0.39 is 0 Å². The van der Waals surface area contributed by atoms with Gasteiger partial charge in [-0.05, 0) is 50.7 Å². The number of carbonyl (C=O) groups excluding carboxylic acids is 1. The molecule has 5 nitrogen and oxygen atoms in total. The van der Waals surface area contributed by atoms with E-state index in [-0.39, 0.29) is 11.9 Å². The standard InChI is InChI=1S/C23H26N4O/c1-26(2)16-21(17-9-5-3-6-10-17)24-23(28)22-15-20(18-13-14-18)25-27(22)19-11-7-4-8-12-19/h3-12,15,18,21H,13-14,16H2,1-2H3,(H,24,28)/t21-/m0/s1. The van der Waals surface area contributed by atoms with Crippen LogP contribution < -0.4 is 5.32 Å². The molecule has 0 aliphatic heterocycles. The summed E-state index contributed by atoms with van der Waals surface area (Å²) in [6.45, 7) is 0.727. The third-order valence-electron chi connectivity index (χ3n) is 5.01. The Hall–Kier alpha value is -2.92. The molecule has 0 unspecified atom stereocenters. The molecule has 1 atom stereocenters. The van der Waals surface area contributed by atoms with Crippen LogP contribution in [-0.4, -0.2) is 41.2 Å². The summed E-state index contributed by atoms with van der Waals surface area (Å²) in [7, 11) is 4.03. The summed E-state index contributed by atoms with van der Waals surface area (Å²) >= 11 is 0. The topological polar surface area (TPSA) is 50.2 Å². The summed E-state index contributed by atoms with van der Waals surface area (Å²) in [6.07, 6.45) is 2.31. The number of para-hydroxylation sites is 1. The second-order valence-corrected chi connectivity index (χ2v) is 7.68. The van der Waals surface area contributed by atoms with Crippen LogP contribution in [0.3, 0.4) is 0 Å². The van der Waals surface area contributed by atoms with E-state index in [0.717, 1.165) is 36.3 Å². The number of hydrogen-bond acceptors (Lipinski definition) is 3. The van der Waals surface area contributed by atoms with Crippen molar-refractivity contribution in [2.75, 3.05) is 20.6 Å². The predicted molar refractivity (Wildman–Crippen MR) is 111 cm³/mol. The van der Waals surface area contributed by atoms with Crippen LogP contribution in [0.2, 0.25) is 0 Å². The Morgan fingerprint density at radius 2 is 1.75 bits per heavy atom. The quantitative estimate of drug-likeness (QED) is 0.685. The molecule has 1 aliphatic rings. The van der Waals surface area contributed by atoms with E-state index in [2.05, 4.69) is 22.3 Å². The average Bonchev–Trinajstić information content (AvgIpc) is 3.46. The molecule has 4 rings (SSSR count). The van der Waals surface area contributed by atoms with Gasteiger partial charge < -0.3 is 10.2 Å². The van der Waals surface area contributed by atoms with Gasteiger partial charge in [0.05, 0.1) is 17.4 Å². The first kappa shape index (κ1) is 18.4. The molecule has 1 aromatic heterocycles. The van der Waals surface area contributed by atoms with Crippen LogP contribution in [0.15, 0.2) is 66.7 Å². The number of rotatable bonds is 7. The van der Waals surface area contributed by atoms with Crippen molar-refractivity contribution in [1.29, 1.82) is 0 Å². The van der Waals surface area contributed by atoms with Crippen molar-refractivity contribution in [1.82, 2.24) is 20.0 Å². The van der Waals surface area contributed by atoms with E-state index in [4.69, 9.17) is 5.10 Å². The largest absolute Gasteiger partial charge is 0.343 e. The normalized spacial score (nSPS) is 14.8. The molecule has 1 N–H and O–H groups in total. The highest BCUT2D eigenvalue weighted by Crippen LogP contribution is 2.39. The fourth-order valence-corrected chi connectivity index (χ4v) is 3.42. The van der Waals surface area contributed by atoms with Gasteiger partial charge in [0.1, 0.15) is 5.69 Å². The molecule has 28 heavy (non-hydrogen) atoms. The van der Waals surface area contributed by atoms with Crippen LogP contribution >= 0.6 is 0 Å². The summed E-state index contributed by atoms with van der Waals surface area (Å²) in [5.41, 5.74) is 3.60. The third kappa shape index (κ3) is 4.15. The Morgan fingerprint density at radius 1 is 1.11 bits per heavy atom. The maximum atomic E-state index is 13.3. The van der Waals surface area contributed by atoms with Gasteiger partial charge >= 0.3 is 0 Å². The van der Waals surface area contributed by atoms with Crippen LogP contribution in [0, 0.1) is 0 Å². The van der Waals surface area contributed by atoms with Crippen LogP contribution in [0.1, 0.15) is 46.5 Å². The molecular weight excluding hydrogens is 348 g/mol. The smallest absolute Gasteiger partial charge is 0.270 e. The third-order valence-corrected chi connectivity index (χ3v) is 5.01. The lowest BCUT2D eigenvalue weighted by atomic mass is 10.1. The van der Waals surface area contributed by atoms with Gasteiger partial charge in [-0.2, -0.15) is 5.10 Å². The molecule has 0 radical (unpaired) electrons. The maximum absolute atomic E-state index is 13.3. The minimum Gasteiger partial charge on any atom is -0.343 e. The molecule has 2 aromatic carbocycles. The Labute approximate surface area is 166 Å². The fourth-order valence-electron chi connectivity index (χ4n) is 3.42. The predicted octanol–water partition coefficient (Wildman–Crippen LogP) is 3.78. The zero-order chi connectivity index (χ0) is 19.5. The first-order chi connectivity index (χ1) is 13.6. The van der Waals surface area contributed by atoms with E-state index in [9.17, 15) is 4.79 Å². The van der Waals surface area contributed by atoms with E-state index >= 15 is 0 Å². The SMILES string of the molecule is CN(C)C[C@H](NC(=O)c1cc(C2CC2)nn1-c1ccccc1)c1ccccc1. The van der Waals surface area contributed by atoms with Crippen LogP contribution in [-0.2, 0) is 0 Å². The first-order valence-electron chi connectivity index (χ1n) is 9.78. The molecular formula is C23H26N4O. The van der Waals surface area contributed by atoms with Crippen molar-refractivity contribution < 1.29 is 4.79 Å². The molecule has 0 spiro atoms. The second-order valence-electron chi connectivity index (χ2n) is 7.68. The van der Waals surface area contributed by atoms with Crippen molar-refractivity contribution >= 4 is 5.91 Å². The maximum Gasteiger partial charge on any atom is 0.270 e. The monoisotopic (exact) mass is 374 g/mol. The van der Waals surface area contributed by atoms with Crippen LogP contribution in [0.4, 0.5) is 0 Å². The van der Waals surface area contributed by atoms with Crippen molar-refractivity contribution in [2.45, 2.75) is 24.8 Å². The lowest BCUT2D eigenvalue weighted by Crippen LogP contribution is -2.36. The molecule has 0 bridgehead atoms. The number of benzene rings is 2. The van der Waals surface area contributed by atoms with Crippen LogP contribution in [0.5, 0.6) is 0 Å². The molecule has 1 heterocycles. The van der Waals surface area contributed by atoms with Gasteiger partial charge in [0, 0.05) is 12.5 Å². The number of aromatic nitrogens is 2. The second kappa shape index (κ2) is 7.98. The van der Waals surface area contributed by atoms with Crippen LogP contribution in [0.25, 0.3) is 5.69 Å². The fraction of sp³-hybridized carbons (Fsp3) is 0.304. The molecule has 3 aromatic rings. The molecule has 1 saturated carbocycles. The molecule has 144 valence electrons. The molecule has 1 fully saturated rings. The highest BCUT2D eigenvalue weighted by molar-refractivity contribution is 5.93. The minimum atomic E-state index is -0.0982. The number of nitrogens with one attached hydrogen (secondary N) is 1. The molecule has 5 heteroatoms. The van der Waals surface area contributed by atoms with Gasteiger partial charge in [-0.3, -0.25) is 4.79 Å². The Bertz CT molecular complexity index is 930. The van der Waals surface area contributed by atoms with Gasteiger partial charge in [0.15, 0.2) is 0 Å². The van der Waals surface area contributed by atoms with Crippen molar-refractivity contribution in [3.63, 3.8) is 0 Å². The molecule has 1 aliphatic carbocycles. The lowest BCUT2D eigenvalue weighted by molar-refractivity contribution is 0.0922. The minimum absolute atomic E-state index is 0.0906. The number of hydrogen-bond donors (Lipinski definition) is 1. The summed E-state index contributed by atoms with van der Waals surface area (Å²) < 4.78 is 1.78. The van der Waals surface area contributed by atoms with Gasteiger partial charge in [-0.25, -0.2) is 4.68 Å². The highest BCUT2D eigenvalue weighted by atomic mass is 16.2. The summed E-state index contributed by atoms with van der Waals surface area (Å²) in [5.74, 6) is 0.391. The van der Waals surface area contributed by atoms with Crippen molar-refractivity contribution in [2.24, 2.45) is 0 Å². The summed E-state index contributed by atoms with van der Waals surface area (Å²) in [4.78, 5) is 15.4. The zero-order valence-electron chi connectivity index (χ0n) is 16.4. The van der Waals surface area contributed by atoms with Gasteiger partial charge in [-0.1, -0.05) is 48.5 Å². The lowest BCUT2D eigenvalue weighted by Gasteiger charge is -2.23. The molecule has 1 amide bonds. The number of carbonyl (C=O) groups is 1. The van der Waals surface area contributed by atoms with E-state index in [1.54, 1.807) is 4.68 Å². The Kier molecular flexibility index (Phi) is 5.26. The average molecular weight is 374 g/mol. The number of likely N-dealkylation sites (N-methyl/N-ethyl adjacent to an activating group) is 1. The Morgan fingerprint density at radius 3 is 2.36 bits per heavy atom. The number of nitrogens with zero attached hydrogens (tertiary/aromatic N) is 3. The summed E-state index contributed by atoms with van der Waals surface area (Å²) in [6, 6.07) is 21.8. The van der Waals surface area contributed by atoms with Gasteiger partial charge in [0.2, 0.25) is 0 Å². The van der Waals surface area contributed by atoms with Crippen molar-refractivity contribution in [3.8, 4) is 5.69 Å². The molecule has 0 saturated heterocycles. The van der Waals surface area contributed by atoms with Crippen molar-refractivity contribution in [3.05, 3.63) is 83.7 Å². The van der Waals surface area contributed by atoms with E-state index in [1.807, 2.05) is 68.7 Å². The van der Waals surface area contributed by atoms with E-state index in [1.165, 1.54) is 0 Å². The zero-order valence-corrected chi connectivity index (χ0v) is 16.4. The first-order valence-corrected chi connectivity index (χ1v) is 9.78. The number of amides is 1. The summed E-state index contributed by atoms with van der Waals surface area (Å²) in [5, 5.41) is 7.97.